The van der Waals surface area contributed by atoms with Gasteiger partial charge in [0.25, 0.3) is 0 Å². The number of nitrogens with zero attached hydrogens (tertiary/aromatic N) is 1. The molecule has 0 amide bonds. The van der Waals surface area contributed by atoms with Crippen LogP contribution in [0.3, 0.4) is 0 Å². The summed E-state index contributed by atoms with van der Waals surface area (Å²) in [6.07, 6.45) is 0. The van der Waals surface area contributed by atoms with Crippen LogP contribution in [-0.4, -0.2) is 42.9 Å². The van der Waals surface area contributed by atoms with Crippen LogP contribution in [0, 0.1) is 11.8 Å². The lowest BCUT2D eigenvalue weighted by atomic mass is 9.79. The first kappa shape index (κ1) is 19.1. The zero-order chi connectivity index (χ0) is 18.2. The van der Waals surface area contributed by atoms with Gasteiger partial charge in [-0.3, -0.25) is 0 Å². The lowest BCUT2D eigenvalue weighted by molar-refractivity contribution is 0.00578. The van der Waals surface area contributed by atoms with E-state index in [1.807, 2.05) is 13.8 Å². The van der Waals surface area contributed by atoms with E-state index >= 15 is 0 Å². The second-order valence-electron chi connectivity index (χ2n) is 8.15. The molecule has 0 saturated carbocycles. The van der Waals surface area contributed by atoms with Gasteiger partial charge >= 0.3 is 7.12 Å². The molecule has 3 fully saturated rings. The van der Waals surface area contributed by atoms with Crippen molar-refractivity contribution >= 4 is 30.0 Å². The Morgan fingerprint density at radius 2 is 1.56 bits per heavy atom. The van der Waals surface area contributed by atoms with Gasteiger partial charge in [0.15, 0.2) is 0 Å². The Labute approximate surface area is 158 Å². The normalized spacial score (nSPS) is 29.4. The number of fused-ring (bicyclic) bond motifs is 1. The van der Waals surface area contributed by atoms with E-state index < -0.39 is 0 Å². The second kappa shape index (κ2) is 7.17. The average molecular weight is 361 g/mol. The number of rotatable bonds is 2. The molecule has 3 saturated heterocycles. The number of benzene rings is 1. The van der Waals surface area contributed by atoms with Crippen molar-refractivity contribution in [2.24, 2.45) is 11.8 Å². The first-order chi connectivity index (χ1) is 11.9. The van der Waals surface area contributed by atoms with Gasteiger partial charge in [-0.2, -0.15) is 11.8 Å². The van der Waals surface area contributed by atoms with Crippen molar-refractivity contribution in [3.05, 3.63) is 24.3 Å². The molecule has 0 N–H and O–H groups in total. The smallest absolute Gasteiger partial charge is 0.399 e. The molecule has 1 aromatic carbocycles. The van der Waals surface area contributed by atoms with Gasteiger partial charge in [0.05, 0.1) is 11.2 Å². The Kier molecular flexibility index (Phi) is 5.48. The van der Waals surface area contributed by atoms with Crippen molar-refractivity contribution in [2.75, 3.05) is 29.5 Å². The van der Waals surface area contributed by atoms with Crippen LogP contribution < -0.4 is 10.4 Å². The largest absolute Gasteiger partial charge is 0.494 e. The third-order valence-corrected chi connectivity index (χ3v) is 7.33. The summed E-state index contributed by atoms with van der Waals surface area (Å²) in [4.78, 5) is 2.55. The molecule has 3 aliphatic rings. The fourth-order valence-corrected chi connectivity index (χ4v) is 5.24. The molecule has 25 heavy (non-hydrogen) atoms. The van der Waals surface area contributed by atoms with Gasteiger partial charge in [-0.1, -0.05) is 26.0 Å². The quantitative estimate of drug-likeness (QED) is 0.747. The van der Waals surface area contributed by atoms with Crippen LogP contribution in [0.5, 0.6) is 0 Å². The zero-order valence-corrected chi connectivity index (χ0v) is 17.4. The molecule has 5 heteroatoms. The van der Waals surface area contributed by atoms with E-state index in [1.54, 1.807) is 0 Å². The first-order valence-electron chi connectivity index (χ1n) is 9.64. The molecule has 0 spiro atoms. The third kappa shape index (κ3) is 3.60. The Bertz CT molecular complexity index is 579. The van der Waals surface area contributed by atoms with E-state index in [4.69, 9.17) is 9.31 Å². The molecule has 2 unspecified atom stereocenters. The highest BCUT2D eigenvalue weighted by Crippen LogP contribution is 2.39. The number of anilines is 1. The fraction of sp³-hybridized carbons (Fsp3) is 0.700. The van der Waals surface area contributed by atoms with Gasteiger partial charge in [0.2, 0.25) is 0 Å². The number of hydrogen-bond donors (Lipinski definition) is 0. The van der Waals surface area contributed by atoms with E-state index in [9.17, 15) is 0 Å². The number of thioether (sulfide) groups is 1. The highest BCUT2D eigenvalue weighted by Gasteiger charge is 2.51. The van der Waals surface area contributed by atoms with Gasteiger partial charge in [-0.25, -0.2) is 0 Å². The standard InChI is InChI=1S/C18H26BNO2S.C2H6/c1-17(2)18(3,4)22-19(21-17)15-6-5-7-16(8-15)20-9-13-11-23-12-14(13)10-20;1-2/h5-8,13-14H,9-12H2,1-4H3;1-2H3. The molecule has 0 aliphatic carbocycles. The van der Waals surface area contributed by atoms with Crippen LogP contribution in [0.1, 0.15) is 41.5 Å². The summed E-state index contributed by atoms with van der Waals surface area (Å²) in [5, 5.41) is 0. The predicted molar refractivity (Wildman–Crippen MR) is 110 cm³/mol. The summed E-state index contributed by atoms with van der Waals surface area (Å²) < 4.78 is 12.4. The Morgan fingerprint density at radius 1 is 1.00 bits per heavy atom. The van der Waals surface area contributed by atoms with E-state index in [-0.39, 0.29) is 18.3 Å². The van der Waals surface area contributed by atoms with Gasteiger partial charge in [0.1, 0.15) is 0 Å². The molecule has 0 aromatic heterocycles. The lowest BCUT2D eigenvalue weighted by Gasteiger charge is -2.32. The molecule has 1 aromatic rings. The molecular weight excluding hydrogens is 329 g/mol. The molecule has 0 radical (unpaired) electrons. The van der Waals surface area contributed by atoms with Gasteiger partial charge < -0.3 is 14.2 Å². The van der Waals surface area contributed by atoms with Crippen molar-refractivity contribution in [2.45, 2.75) is 52.7 Å². The Hall–Kier alpha value is -0.645. The van der Waals surface area contributed by atoms with Gasteiger partial charge in [-0.05, 0) is 68.6 Å². The summed E-state index contributed by atoms with van der Waals surface area (Å²) in [6.45, 7) is 14.8. The molecule has 0 bridgehead atoms. The molecule has 3 heterocycles. The van der Waals surface area contributed by atoms with Crippen molar-refractivity contribution in [1.29, 1.82) is 0 Å². The summed E-state index contributed by atoms with van der Waals surface area (Å²) >= 11 is 2.12. The third-order valence-electron chi connectivity index (χ3n) is 6.00. The van der Waals surface area contributed by atoms with Crippen LogP contribution in [0.2, 0.25) is 0 Å². The minimum Gasteiger partial charge on any atom is -0.399 e. The minimum absolute atomic E-state index is 0.266. The van der Waals surface area contributed by atoms with Crippen molar-refractivity contribution < 1.29 is 9.31 Å². The summed E-state index contributed by atoms with van der Waals surface area (Å²) in [5.41, 5.74) is 1.88. The molecule has 2 atom stereocenters. The molecule has 138 valence electrons. The fourth-order valence-electron chi connectivity index (χ4n) is 3.75. The van der Waals surface area contributed by atoms with Crippen LogP contribution in [0.15, 0.2) is 24.3 Å². The highest BCUT2D eigenvalue weighted by atomic mass is 32.2. The molecule has 4 rings (SSSR count). The lowest BCUT2D eigenvalue weighted by Crippen LogP contribution is -2.41. The van der Waals surface area contributed by atoms with Crippen LogP contribution >= 0.6 is 11.8 Å². The van der Waals surface area contributed by atoms with E-state index in [0.29, 0.717) is 0 Å². The van der Waals surface area contributed by atoms with Crippen molar-refractivity contribution in [3.8, 4) is 0 Å². The average Bonchev–Trinajstić information content (AvgIpc) is 3.22. The molecular formula is C20H32BNO2S. The van der Waals surface area contributed by atoms with Gasteiger partial charge in [0, 0.05) is 18.8 Å². The van der Waals surface area contributed by atoms with E-state index in [1.165, 1.54) is 30.3 Å². The van der Waals surface area contributed by atoms with Crippen molar-refractivity contribution in [1.82, 2.24) is 0 Å². The van der Waals surface area contributed by atoms with Crippen LogP contribution in [0.4, 0.5) is 5.69 Å². The molecule has 3 aliphatic heterocycles. The van der Waals surface area contributed by atoms with Gasteiger partial charge in [-0.15, -0.1) is 0 Å². The van der Waals surface area contributed by atoms with E-state index in [2.05, 4.69) is 68.6 Å². The maximum Gasteiger partial charge on any atom is 0.494 e. The zero-order valence-electron chi connectivity index (χ0n) is 16.5. The second-order valence-corrected chi connectivity index (χ2v) is 9.22. The van der Waals surface area contributed by atoms with Crippen LogP contribution in [-0.2, 0) is 9.31 Å². The monoisotopic (exact) mass is 361 g/mol. The topological polar surface area (TPSA) is 21.7 Å². The van der Waals surface area contributed by atoms with E-state index in [0.717, 1.165) is 17.3 Å². The van der Waals surface area contributed by atoms with Crippen LogP contribution in [0.25, 0.3) is 0 Å². The highest BCUT2D eigenvalue weighted by molar-refractivity contribution is 7.99. The van der Waals surface area contributed by atoms with Crippen molar-refractivity contribution in [3.63, 3.8) is 0 Å². The summed E-state index contributed by atoms with van der Waals surface area (Å²) in [5.74, 6) is 4.41. The number of hydrogen-bond acceptors (Lipinski definition) is 4. The summed E-state index contributed by atoms with van der Waals surface area (Å²) in [6, 6.07) is 8.75. The maximum atomic E-state index is 6.20. The maximum absolute atomic E-state index is 6.20. The molecule has 3 nitrogen and oxygen atoms in total. The Balaban J connectivity index is 0.000000880. The predicted octanol–water partition coefficient (Wildman–Crippen LogP) is 3.81. The summed E-state index contributed by atoms with van der Waals surface area (Å²) in [7, 11) is -0.266. The first-order valence-corrected chi connectivity index (χ1v) is 10.8. The minimum atomic E-state index is -0.282. The Morgan fingerprint density at radius 3 is 2.12 bits per heavy atom. The SMILES string of the molecule is CC.CC1(C)OB(c2cccc(N3CC4CSCC4C3)c2)OC1(C)C.